The van der Waals surface area contributed by atoms with Gasteiger partial charge in [-0.1, -0.05) is 5.57 Å². The van der Waals surface area contributed by atoms with Crippen LogP contribution in [-0.4, -0.2) is 19.3 Å². The van der Waals surface area contributed by atoms with Crippen LogP contribution in [0.15, 0.2) is 11.6 Å². The lowest BCUT2D eigenvalue weighted by Gasteiger charge is -2.15. The number of rotatable bonds is 0. The van der Waals surface area contributed by atoms with Gasteiger partial charge in [0.25, 0.3) is 0 Å². The molecule has 1 saturated heterocycles. The van der Waals surface area contributed by atoms with Gasteiger partial charge in [-0.3, -0.25) is 0 Å². The van der Waals surface area contributed by atoms with E-state index in [0.717, 1.165) is 0 Å². The third kappa shape index (κ3) is 3.41. The molecular formula is C7H10F3N. The number of halogens is 3. The highest BCUT2D eigenvalue weighted by Gasteiger charge is 2.24. The number of piperidine rings is 1. The molecule has 64 valence electrons. The molecule has 1 heterocycles. The summed E-state index contributed by atoms with van der Waals surface area (Å²) in [6, 6.07) is 0. The molecule has 1 aliphatic rings. The monoisotopic (exact) mass is 165 g/mol. The van der Waals surface area contributed by atoms with Crippen LogP contribution in [0.25, 0.3) is 0 Å². The van der Waals surface area contributed by atoms with Crippen molar-refractivity contribution in [3.63, 3.8) is 0 Å². The van der Waals surface area contributed by atoms with E-state index < -0.39 is 6.18 Å². The van der Waals surface area contributed by atoms with Gasteiger partial charge in [0, 0.05) is 6.08 Å². The Labute approximate surface area is 63.3 Å². The number of allylic oxidation sites excluding steroid dienone is 1. The van der Waals surface area contributed by atoms with Gasteiger partial charge in [0.2, 0.25) is 0 Å². The molecule has 1 rings (SSSR count). The van der Waals surface area contributed by atoms with Crippen LogP contribution in [0.5, 0.6) is 0 Å². The highest BCUT2D eigenvalue weighted by atomic mass is 19.4. The van der Waals surface area contributed by atoms with Crippen LogP contribution >= 0.6 is 0 Å². The Morgan fingerprint density at radius 1 is 1.18 bits per heavy atom. The van der Waals surface area contributed by atoms with Crippen LogP contribution in [0.1, 0.15) is 12.8 Å². The summed E-state index contributed by atoms with van der Waals surface area (Å²) in [7, 11) is 0. The fourth-order valence-corrected chi connectivity index (χ4v) is 1.12. The van der Waals surface area contributed by atoms with Gasteiger partial charge in [0.15, 0.2) is 0 Å². The van der Waals surface area contributed by atoms with E-state index in [2.05, 4.69) is 5.32 Å². The summed E-state index contributed by atoms with van der Waals surface area (Å²) in [5, 5.41) is 2.99. The normalized spacial score (nSPS) is 20.1. The van der Waals surface area contributed by atoms with Crippen molar-refractivity contribution in [2.75, 3.05) is 13.1 Å². The molecule has 4 heteroatoms. The molecule has 0 saturated carbocycles. The minimum atomic E-state index is -4.13. The predicted molar refractivity (Wildman–Crippen MR) is 36.2 cm³/mol. The van der Waals surface area contributed by atoms with E-state index in [-0.39, 0.29) is 0 Å². The van der Waals surface area contributed by atoms with Crippen molar-refractivity contribution in [3.8, 4) is 0 Å². The standard InChI is InChI=1S/C7H10F3N/c8-7(9,10)5-6-1-3-11-4-2-6/h5,11H,1-4H2. The van der Waals surface area contributed by atoms with Gasteiger partial charge in [-0.25, -0.2) is 0 Å². The zero-order valence-electron chi connectivity index (χ0n) is 6.04. The van der Waals surface area contributed by atoms with Gasteiger partial charge in [-0.2, -0.15) is 13.2 Å². The second-order valence-electron chi connectivity index (χ2n) is 2.59. The lowest BCUT2D eigenvalue weighted by molar-refractivity contribution is -0.0808. The Kier molecular flexibility index (Phi) is 2.54. The predicted octanol–water partition coefficient (Wildman–Crippen LogP) is 1.86. The van der Waals surface area contributed by atoms with Gasteiger partial charge in [0.05, 0.1) is 0 Å². The molecule has 0 spiro atoms. The average Bonchev–Trinajstić information content (AvgIpc) is 1.85. The van der Waals surface area contributed by atoms with Gasteiger partial charge in [-0.15, -0.1) is 0 Å². The molecule has 0 aromatic rings. The van der Waals surface area contributed by atoms with Crippen LogP contribution < -0.4 is 5.32 Å². The summed E-state index contributed by atoms with van der Waals surface area (Å²) in [6.45, 7) is 1.34. The number of nitrogens with one attached hydrogen (secondary N) is 1. The van der Waals surface area contributed by atoms with Gasteiger partial charge >= 0.3 is 6.18 Å². The summed E-state index contributed by atoms with van der Waals surface area (Å²) in [5.41, 5.74) is 0.510. The van der Waals surface area contributed by atoms with Crippen LogP contribution in [0, 0.1) is 0 Å². The zero-order chi connectivity index (χ0) is 8.32. The fraction of sp³-hybridized carbons (Fsp3) is 0.714. The number of alkyl halides is 3. The lowest BCUT2D eigenvalue weighted by atomic mass is 10.1. The molecule has 1 nitrogen and oxygen atoms in total. The summed E-state index contributed by atoms with van der Waals surface area (Å²) < 4.78 is 35.2. The van der Waals surface area contributed by atoms with Crippen molar-refractivity contribution in [2.24, 2.45) is 0 Å². The summed E-state index contributed by atoms with van der Waals surface area (Å²) >= 11 is 0. The van der Waals surface area contributed by atoms with E-state index in [1.807, 2.05) is 0 Å². The molecule has 0 aliphatic carbocycles. The highest BCUT2D eigenvalue weighted by molar-refractivity contribution is 5.08. The maximum Gasteiger partial charge on any atom is 0.409 e. The van der Waals surface area contributed by atoms with Crippen molar-refractivity contribution < 1.29 is 13.2 Å². The van der Waals surface area contributed by atoms with Crippen molar-refractivity contribution in [2.45, 2.75) is 19.0 Å². The summed E-state index contributed by atoms with van der Waals surface area (Å²) in [4.78, 5) is 0. The van der Waals surface area contributed by atoms with Gasteiger partial charge in [-0.05, 0) is 25.9 Å². The molecule has 1 fully saturated rings. The third-order valence-corrected chi connectivity index (χ3v) is 1.61. The smallest absolute Gasteiger partial charge is 0.316 e. The first-order chi connectivity index (χ1) is 5.08. The first-order valence-corrected chi connectivity index (χ1v) is 3.56. The SMILES string of the molecule is FC(F)(F)C=C1CCNCC1. The molecule has 1 N–H and O–H groups in total. The van der Waals surface area contributed by atoms with E-state index in [1.165, 1.54) is 0 Å². The van der Waals surface area contributed by atoms with Crippen LogP contribution in [-0.2, 0) is 0 Å². The first-order valence-electron chi connectivity index (χ1n) is 3.56. The first kappa shape index (κ1) is 8.59. The second-order valence-corrected chi connectivity index (χ2v) is 2.59. The Hall–Kier alpha value is -0.510. The molecule has 0 amide bonds. The maximum absolute atomic E-state index is 11.7. The van der Waals surface area contributed by atoms with Crippen LogP contribution in [0.3, 0.4) is 0 Å². The maximum atomic E-state index is 11.7. The zero-order valence-corrected chi connectivity index (χ0v) is 6.04. The van der Waals surface area contributed by atoms with E-state index >= 15 is 0 Å². The number of hydrogen-bond acceptors (Lipinski definition) is 1. The average molecular weight is 165 g/mol. The highest BCUT2D eigenvalue weighted by Crippen LogP contribution is 2.22. The Balaban J connectivity index is 2.50. The molecular weight excluding hydrogens is 155 g/mol. The van der Waals surface area contributed by atoms with E-state index in [0.29, 0.717) is 37.6 Å². The molecule has 11 heavy (non-hydrogen) atoms. The molecule has 0 atom stereocenters. The molecule has 0 radical (unpaired) electrons. The van der Waals surface area contributed by atoms with Gasteiger partial charge < -0.3 is 5.32 Å². The summed E-state index contributed by atoms with van der Waals surface area (Å²) in [5.74, 6) is 0. The van der Waals surface area contributed by atoms with E-state index in [9.17, 15) is 13.2 Å². The molecule has 1 aliphatic heterocycles. The lowest BCUT2D eigenvalue weighted by Crippen LogP contribution is -2.24. The minimum Gasteiger partial charge on any atom is -0.316 e. The van der Waals surface area contributed by atoms with Gasteiger partial charge in [0.1, 0.15) is 0 Å². The molecule has 0 bridgehead atoms. The minimum absolute atomic E-state index is 0.424. The molecule has 0 unspecified atom stereocenters. The number of hydrogen-bond donors (Lipinski definition) is 1. The quantitative estimate of drug-likeness (QED) is 0.540. The Morgan fingerprint density at radius 2 is 1.73 bits per heavy atom. The third-order valence-electron chi connectivity index (χ3n) is 1.61. The molecule has 0 aromatic heterocycles. The van der Waals surface area contributed by atoms with E-state index in [4.69, 9.17) is 0 Å². The second kappa shape index (κ2) is 3.26. The Morgan fingerprint density at radius 3 is 2.18 bits per heavy atom. The van der Waals surface area contributed by atoms with Crippen molar-refractivity contribution in [3.05, 3.63) is 11.6 Å². The molecule has 0 aromatic carbocycles. The van der Waals surface area contributed by atoms with E-state index in [1.54, 1.807) is 0 Å². The van der Waals surface area contributed by atoms with Crippen molar-refractivity contribution in [1.82, 2.24) is 5.32 Å². The fourth-order valence-electron chi connectivity index (χ4n) is 1.12. The van der Waals surface area contributed by atoms with Crippen molar-refractivity contribution >= 4 is 0 Å². The largest absolute Gasteiger partial charge is 0.409 e. The van der Waals surface area contributed by atoms with Crippen molar-refractivity contribution in [1.29, 1.82) is 0 Å². The van der Waals surface area contributed by atoms with Crippen LogP contribution in [0.2, 0.25) is 0 Å². The topological polar surface area (TPSA) is 12.0 Å². The summed E-state index contributed by atoms with van der Waals surface area (Å²) in [6.07, 6.45) is -2.65. The Bertz CT molecular complexity index is 152. The van der Waals surface area contributed by atoms with Crippen LogP contribution in [0.4, 0.5) is 13.2 Å².